The first kappa shape index (κ1) is 17.0. The first-order valence-corrected chi connectivity index (χ1v) is 8.76. The number of hydrogen-bond donors (Lipinski definition) is 2. The van der Waals surface area contributed by atoms with E-state index in [9.17, 15) is 15.0 Å². The van der Waals surface area contributed by atoms with Crippen molar-refractivity contribution in [1.29, 1.82) is 0 Å². The molecule has 3 aromatic rings. The Morgan fingerprint density at radius 1 is 1.00 bits per heavy atom. The number of carbonyl (C=O) groups excluding carboxylic acids is 1. The second-order valence-electron chi connectivity index (χ2n) is 6.45. The van der Waals surface area contributed by atoms with E-state index in [2.05, 4.69) is 0 Å². The summed E-state index contributed by atoms with van der Waals surface area (Å²) in [5.74, 6) is -0.646. The number of carbonyl (C=O) groups is 1. The number of nitrogens with zero attached hydrogens (tertiary/aromatic N) is 1. The number of phenolic OH excluding ortho intramolecular Hbond substituents is 2. The van der Waals surface area contributed by atoms with Crippen molar-refractivity contribution in [3.05, 3.63) is 83.4 Å². The average Bonchev–Trinajstić information content (AvgIpc) is 3.10. The molecule has 0 bridgehead atoms. The van der Waals surface area contributed by atoms with Gasteiger partial charge in [0.05, 0.1) is 0 Å². The monoisotopic (exact) mass is 361 g/mol. The van der Waals surface area contributed by atoms with Crippen LogP contribution in [0, 0.1) is 0 Å². The molecule has 0 saturated carbocycles. The Labute approximate surface area is 157 Å². The van der Waals surface area contributed by atoms with Crippen molar-refractivity contribution >= 4 is 11.6 Å². The molecule has 1 aliphatic heterocycles. The molecular formula is C22H19NO4. The van der Waals surface area contributed by atoms with Crippen molar-refractivity contribution < 1.29 is 19.7 Å². The number of ether oxygens (including phenoxy) is 1. The maximum Gasteiger partial charge on any atom is 0.265 e. The molecule has 0 fully saturated rings. The van der Waals surface area contributed by atoms with Crippen molar-refractivity contribution in [2.45, 2.75) is 13.0 Å². The molecule has 0 saturated heterocycles. The second kappa shape index (κ2) is 7.03. The third-order valence-corrected chi connectivity index (χ3v) is 4.65. The largest absolute Gasteiger partial charge is 0.508 e. The van der Waals surface area contributed by atoms with Crippen LogP contribution in [0.3, 0.4) is 0 Å². The molecule has 0 spiro atoms. The summed E-state index contributed by atoms with van der Waals surface area (Å²) in [5, 5.41) is 20.2. The Morgan fingerprint density at radius 3 is 2.56 bits per heavy atom. The number of rotatable bonds is 4. The van der Waals surface area contributed by atoms with Gasteiger partial charge in [-0.3, -0.25) is 4.79 Å². The van der Waals surface area contributed by atoms with Gasteiger partial charge in [-0.05, 0) is 23.6 Å². The van der Waals surface area contributed by atoms with Gasteiger partial charge in [-0.2, -0.15) is 0 Å². The Kier molecular flexibility index (Phi) is 4.42. The second-order valence-corrected chi connectivity index (χ2v) is 6.45. The van der Waals surface area contributed by atoms with Gasteiger partial charge in [0.1, 0.15) is 29.4 Å². The lowest BCUT2D eigenvalue weighted by molar-refractivity contribution is 0.0982. The van der Waals surface area contributed by atoms with Crippen molar-refractivity contribution in [3.63, 3.8) is 0 Å². The molecule has 4 rings (SSSR count). The number of hydrogen-bond acceptors (Lipinski definition) is 4. The minimum atomic E-state index is -0.347. The minimum absolute atomic E-state index is 0.0560. The fraction of sp³-hybridized carbons (Fsp3) is 0.136. The Balaban J connectivity index is 1.67. The van der Waals surface area contributed by atoms with Gasteiger partial charge in [0.25, 0.3) is 5.91 Å². The highest BCUT2D eigenvalue weighted by molar-refractivity contribution is 6.10. The van der Waals surface area contributed by atoms with Crippen LogP contribution >= 0.6 is 0 Å². The van der Waals surface area contributed by atoms with E-state index in [1.54, 1.807) is 4.90 Å². The maximum absolute atomic E-state index is 13.2. The van der Waals surface area contributed by atoms with Crippen molar-refractivity contribution in [1.82, 2.24) is 0 Å². The van der Waals surface area contributed by atoms with E-state index < -0.39 is 0 Å². The predicted molar refractivity (Wildman–Crippen MR) is 102 cm³/mol. The molecule has 5 nitrogen and oxygen atoms in total. The fourth-order valence-electron chi connectivity index (χ4n) is 3.33. The van der Waals surface area contributed by atoms with Gasteiger partial charge >= 0.3 is 0 Å². The predicted octanol–water partition coefficient (Wildman–Crippen LogP) is 3.88. The van der Waals surface area contributed by atoms with Gasteiger partial charge in [-0.25, -0.2) is 0 Å². The number of fused-ring (bicyclic) bond motifs is 1. The van der Waals surface area contributed by atoms with Gasteiger partial charge in [0.2, 0.25) is 0 Å². The molecule has 1 heterocycles. The van der Waals surface area contributed by atoms with Crippen LogP contribution in [0.5, 0.6) is 17.2 Å². The maximum atomic E-state index is 13.2. The van der Waals surface area contributed by atoms with Crippen molar-refractivity contribution in [2.75, 3.05) is 11.4 Å². The topological polar surface area (TPSA) is 70.0 Å². The van der Waals surface area contributed by atoms with Crippen LogP contribution in [0.15, 0.2) is 66.7 Å². The number of phenols is 2. The van der Waals surface area contributed by atoms with Crippen LogP contribution in [-0.2, 0) is 13.0 Å². The Hall–Kier alpha value is -3.47. The van der Waals surface area contributed by atoms with Gasteiger partial charge in [-0.1, -0.05) is 48.5 Å². The molecule has 1 amide bonds. The highest BCUT2D eigenvalue weighted by Gasteiger charge is 2.29. The van der Waals surface area contributed by atoms with Crippen LogP contribution in [-0.4, -0.2) is 22.7 Å². The summed E-state index contributed by atoms with van der Waals surface area (Å²) >= 11 is 0. The summed E-state index contributed by atoms with van der Waals surface area (Å²) in [6, 6.07) is 19.7. The highest BCUT2D eigenvalue weighted by atomic mass is 16.5. The molecule has 2 N–H and O–H groups in total. The standard InChI is InChI=1S/C22H19NO4/c24-17-12-19(25)21(20(13-17)27-14-15-6-2-1-3-7-15)22(26)23-11-10-16-8-4-5-9-18(16)23/h1-9,12-13,24-25H,10-11,14H2. The molecule has 5 heteroatoms. The summed E-state index contributed by atoms with van der Waals surface area (Å²) in [5.41, 5.74) is 2.91. The van der Waals surface area contributed by atoms with E-state index in [4.69, 9.17) is 4.74 Å². The van der Waals surface area contributed by atoms with E-state index in [1.807, 2.05) is 54.6 Å². The van der Waals surface area contributed by atoms with Crippen molar-refractivity contribution in [3.8, 4) is 17.2 Å². The van der Waals surface area contributed by atoms with Gasteiger partial charge in [-0.15, -0.1) is 0 Å². The summed E-state index contributed by atoms with van der Waals surface area (Å²) < 4.78 is 5.79. The molecule has 1 aliphatic rings. The third kappa shape index (κ3) is 3.31. The number of benzene rings is 3. The molecular weight excluding hydrogens is 342 g/mol. The molecule has 0 radical (unpaired) electrons. The zero-order valence-corrected chi connectivity index (χ0v) is 14.6. The summed E-state index contributed by atoms with van der Waals surface area (Å²) in [7, 11) is 0. The minimum Gasteiger partial charge on any atom is -0.508 e. The Bertz CT molecular complexity index is 985. The normalized spacial score (nSPS) is 12.7. The lowest BCUT2D eigenvalue weighted by Crippen LogP contribution is -2.29. The average molecular weight is 361 g/mol. The molecule has 3 aromatic carbocycles. The van der Waals surface area contributed by atoms with E-state index in [-0.39, 0.29) is 35.3 Å². The van der Waals surface area contributed by atoms with Crippen molar-refractivity contribution in [2.24, 2.45) is 0 Å². The zero-order chi connectivity index (χ0) is 18.8. The summed E-state index contributed by atoms with van der Waals surface area (Å²) in [6.07, 6.45) is 0.765. The number of anilines is 1. The molecule has 136 valence electrons. The third-order valence-electron chi connectivity index (χ3n) is 4.65. The number of aromatic hydroxyl groups is 2. The Morgan fingerprint density at radius 2 is 1.74 bits per heavy atom. The SMILES string of the molecule is O=C(c1c(O)cc(O)cc1OCc1ccccc1)N1CCc2ccccc21. The highest BCUT2D eigenvalue weighted by Crippen LogP contribution is 2.37. The molecule has 0 aliphatic carbocycles. The lowest BCUT2D eigenvalue weighted by atomic mass is 10.1. The van der Waals surface area contributed by atoms with E-state index in [0.29, 0.717) is 6.54 Å². The van der Waals surface area contributed by atoms with Crippen LogP contribution < -0.4 is 9.64 Å². The first-order valence-electron chi connectivity index (χ1n) is 8.76. The van der Waals surface area contributed by atoms with Crippen LogP contribution in [0.2, 0.25) is 0 Å². The summed E-state index contributed by atoms with van der Waals surface area (Å²) in [4.78, 5) is 14.8. The van der Waals surface area contributed by atoms with E-state index in [0.717, 1.165) is 29.3 Å². The zero-order valence-electron chi connectivity index (χ0n) is 14.6. The quantitative estimate of drug-likeness (QED) is 0.740. The van der Waals surface area contributed by atoms with E-state index >= 15 is 0 Å². The first-order chi connectivity index (χ1) is 13.1. The van der Waals surface area contributed by atoms with Gasteiger partial charge < -0.3 is 19.8 Å². The smallest absolute Gasteiger partial charge is 0.265 e. The number of amides is 1. The van der Waals surface area contributed by atoms with Crippen LogP contribution in [0.25, 0.3) is 0 Å². The lowest BCUT2D eigenvalue weighted by Gasteiger charge is -2.20. The van der Waals surface area contributed by atoms with E-state index in [1.165, 1.54) is 6.07 Å². The number of para-hydroxylation sites is 1. The summed E-state index contributed by atoms with van der Waals surface area (Å²) in [6.45, 7) is 0.761. The molecule has 0 atom stereocenters. The van der Waals surface area contributed by atoms with Crippen LogP contribution in [0.4, 0.5) is 5.69 Å². The van der Waals surface area contributed by atoms with Gasteiger partial charge in [0, 0.05) is 24.4 Å². The fourth-order valence-corrected chi connectivity index (χ4v) is 3.33. The molecule has 0 unspecified atom stereocenters. The molecule has 0 aromatic heterocycles. The van der Waals surface area contributed by atoms with Crippen LogP contribution in [0.1, 0.15) is 21.5 Å². The van der Waals surface area contributed by atoms with Gasteiger partial charge in [0.15, 0.2) is 0 Å². The molecule has 27 heavy (non-hydrogen) atoms.